The van der Waals surface area contributed by atoms with Crippen LogP contribution in [0.4, 0.5) is 5.69 Å². The fraction of sp³-hybridized carbons (Fsp3) is 0.348. The molecule has 0 radical (unpaired) electrons. The van der Waals surface area contributed by atoms with Crippen LogP contribution in [0.3, 0.4) is 0 Å². The zero-order valence-electron chi connectivity index (χ0n) is 16.5. The summed E-state index contributed by atoms with van der Waals surface area (Å²) in [4.78, 5) is 33.9. The molecule has 4 aliphatic rings. The Morgan fingerprint density at radius 1 is 1.00 bits per heavy atom. The molecule has 2 aliphatic carbocycles. The maximum absolute atomic E-state index is 13.4. The summed E-state index contributed by atoms with van der Waals surface area (Å²) in [5, 5.41) is 5.38. The van der Waals surface area contributed by atoms with Crippen LogP contribution in [0, 0.1) is 29.6 Å². The lowest BCUT2D eigenvalue weighted by atomic mass is 9.71. The topological polar surface area (TPSA) is 68.2 Å². The van der Waals surface area contributed by atoms with Gasteiger partial charge in [0.25, 0.3) is 0 Å². The SMILES string of the molecule is COc1ccc(N2C(=O)[C@@H]3[C@H]4C[C@H]([C@H]5ON=C(c6ccc(Cl)cc6Cl)[C@H]45)[C@@H]3C2=O)cc1. The molecule has 6 rings (SSSR count). The molecule has 0 unspecified atom stereocenters. The van der Waals surface area contributed by atoms with Gasteiger partial charge in [-0.25, -0.2) is 0 Å². The number of carbonyl (C=O) groups is 2. The van der Waals surface area contributed by atoms with Crippen molar-refractivity contribution in [1.82, 2.24) is 0 Å². The van der Waals surface area contributed by atoms with E-state index < -0.39 is 0 Å². The molecule has 2 aromatic carbocycles. The average molecular weight is 457 g/mol. The zero-order chi connectivity index (χ0) is 21.4. The molecule has 0 N–H and O–H groups in total. The van der Waals surface area contributed by atoms with Crippen LogP contribution in [0.5, 0.6) is 5.75 Å². The number of carbonyl (C=O) groups excluding carboxylic acids is 2. The van der Waals surface area contributed by atoms with Crippen molar-refractivity contribution in [1.29, 1.82) is 0 Å². The van der Waals surface area contributed by atoms with Crippen LogP contribution >= 0.6 is 23.2 Å². The molecule has 6 nitrogen and oxygen atoms in total. The number of benzene rings is 2. The van der Waals surface area contributed by atoms with E-state index in [2.05, 4.69) is 5.16 Å². The number of hydrogen-bond donors (Lipinski definition) is 0. The molecular formula is C23H18Cl2N2O4. The van der Waals surface area contributed by atoms with Crippen LogP contribution in [0.1, 0.15) is 12.0 Å². The number of oxime groups is 1. The van der Waals surface area contributed by atoms with E-state index in [9.17, 15) is 9.59 Å². The minimum absolute atomic E-state index is 0.00677. The number of imide groups is 1. The molecule has 0 aromatic heterocycles. The first kappa shape index (κ1) is 19.1. The molecule has 2 aliphatic heterocycles. The van der Waals surface area contributed by atoms with Crippen molar-refractivity contribution in [3.63, 3.8) is 0 Å². The lowest BCUT2D eigenvalue weighted by molar-refractivity contribution is -0.125. The molecule has 2 saturated carbocycles. The fourth-order valence-corrected chi connectivity index (χ4v) is 6.54. The average Bonchev–Trinajstić information content (AvgIpc) is 3.49. The summed E-state index contributed by atoms with van der Waals surface area (Å²) in [6.45, 7) is 0. The maximum atomic E-state index is 13.4. The Bertz CT molecular complexity index is 1150. The van der Waals surface area contributed by atoms with Crippen molar-refractivity contribution < 1.29 is 19.2 Å². The summed E-state index contributed by atoms with van der Waals surface area (Å²) >= 11 is 12.5. The molecule has 2 bridgehead atoms. The number of fused-ring (bicyclic) bond motifs is 8. The number of halogens is 2. The van der Waals surface area contributed by atoms with Gasteiger partial charge in [-0.3, -0.25) is 14.5 Å². The van der Waals surface area contributed by atoms with Crippen LogP contribution in [0.25, 0.3) is 0 Å². The third kappa shape index (κ3) is 2.55. The highest BCUT2D eigenvalue weighted by atomic mass is 35.5. The van der Waals surface area contributed by atoms with Crippen molar-refractivity contribution >= 4 is 46.4 Å². The maximum Gasteiger partial charge on any atom is 0.238 e. The third-order valence-electron chi connectivity index (χ3n) is 7.23. The Morgan fingerprint density at radius 2 is 1.71 bits per heavy atom. The van der Waals surface area contributed by atoms with Crippen molar-refractivity contribution in [2.75, 3.05) is 12.0 Å². The van der Waals surface area contributed by atoms with E-state index in [1.54, 1.807) is 43.5 Å². The number of amides is 2. The van der Waals surface area contributed by atoms with E-state index >= 15 is 0 Å². The van der Waals surface area contributed by atoms with Crippen LogP contribution in [-0.4, -0.2) is 30.7 Å². The van der Waals surface area contributed by atoms with E-state index in [4.69, 9.17) is 32.8 Å². The summed E-state index contributed by atoms with van der Waals surface area (Å²) in [6.07, 6.45) is 0.573. The van der Waals surface area contributed by atoms with Gasteiger partial charge in [0.1, 0.15) is 11.9 Å². The second-order valence-electron chi connectivity index (χ2n) is 8.52. The summed E-state index contributed by atoms with van der Waals surface area (Å²) < 4.78 is 5.19. The summed E-state index contributed by atoms with van der Waals surface area (Å²) in [7, 11) is 1.58. The zero-order valence-corrected chi connectivity index (χ0v) is 18.0. The molecular weight excluding hydrogens is 439 g/mol. The van der Waals surface area contributed by atoms with Gasteiger partial charge in [0, 0.05) is 22.4 Å². The predicted molar refractivity (Wildman–Crippen MR) is 115 cm³/mol. The summed E-state index contributed by atoms with van der Waals surface area (Å²) in [5.41, 5.74) is 2.09. The molecule has 2 aromatic rings. The first-order chi connectivity index (χ1) is 15.0. The van der Waals surface area contributed by atoms with Crippen molar-refractivity contribution in [2.45, 2.75) is 12.5 Å². The normalized spacial score (nSPS) is 32.7. The van der Waals surface area contributed by atoms with Gasteiger partial charge in [-0.15, -0.1) is 0 Å². The third-order valence-corrected chi connectivity index (χ3v) is 7.78. The quantitative estimate of drug-likeness (QED) is 0.649. The second-order valence-corrected chi connectivity index (χ2v) is 9.37. The minimum Gasteiger partial charge on any atom is -0.497 e. The predicted octanol–water partition coefficient (Wildman–Crippen LogP) is 4.18. The van der Waals surface area contributed by atoms with Crippen LogP contribution in [-0.2, 0) is 14.4 Å². The van der Waals surface area contributed by atoms with Gasteiger partial charge in [-0.1, -0.05) is 34.4 Å². The number of methoxy groups -OCH3 is 1. The van der Waals surface area contributed by atoms with E-state index in [1.165, 1.54) is 4.90 Å². The van der Waals surface area contributed by atoms with Gasteiger partial charge < -0.3 is 9.57 Å². The lowest BCUT2D eigenvalue weighted by Crippen LogP contribution is -2.41. The van der Waals surface area contributed by atoms with Crippen molar-refractivity contribution in [3.8, 4) is 5.75 Å². The molecule has 6 atom stereocenters. The molecule has 1 saturated heterocycles. The highest BCUT2D eigenvalue weighted by Crippen LogP contribution is 2.62. The van der Waals surface area contributed by atoms with E-state index in [1.807, 2.05) is 6.07 Å². The summed E-state index contributed by atoms with van der Waals surface area (Å²) in [5.74, 6) is -0.439. The summed E-state index contributed by atoms with van der Waals surface area (Å²) in [6, 6.07) is 12.3. The Morgan fingerprint density at radius 3 is 2.39 bits per heavy atom. The van der Waals surface area contributed by atoms with E-state index in [-0.39, 0.29) is 47.5 Å². The van der Waals surface area contributed by atoms with Crippen molar-refractivity contribution in [3.05, 3.63) is 58.1 Å². The number of ether oxygens (including phenoxy) is 1. The van der Waals surface area contributed by atoms with Gasteiger partial charge in [0.15, 0.2) is 0 Å². The largest absolute Gasteiger partial charge is 0.497 e. The Hall–Kier alpha value is -2.57. The van der Waals surface area contributed by atoms with Gasteiger partial charge in [0.2, 0.25) is 11.8 Å². The second kappa shape index (κ2) is 6.71. The molecule has 31 heavy (non-hydrogen) atoms. The van der Waals surface area contributed by atoms with Gasteiger partial charge in [-0.2, -0.15) is 0 Å². The Labute approximate surface area is 188 Å². The van der Waals surface area contributed by atoms with E-state index in [0.717, 1.165) is 17.7 Å². The molecule has 8 heteroatoms. The molecule has 0 spiro atoms. The van der Waals surface area contributed by atoms with Crippen LogP contribution in [0.2, 0.25) is 10.0 Å². The van der Waals surface area contributed by atoms with Gasteiger partial charge in [-0.05, 0) is 48.7 Å². The van der Waals surface area contributed by atoms with Crippen LogP contribution < -0.4 is 9.64 Å². The highest BCUT2D eigenvalue weighted by Gasteiger charge is 2.70. The number of rotatable bonds is 3. The first-order valence-electron chi connectivity index (χ1n) is 10.2. The Balaban J connectivity index is 1.34. The number of nitrogens with zero attached hydrogens (tertiary/aromatic N) is 2. The highest BCUT2D eigenvalue weighted by molar-refractivity contribution is 6.37. The number of hydrogen-bond acceptors (Lipinski definition) is 5. The smallest absolute Gasteiger partial charge is 0.238 e. The molecule has 3 fully saturated rings. The fourth-order valence-electron chi connectivity index (χ4n) is 6.03. The minimum atomic E-state index is -0.365. The van der Waals surface area contributed by atoms with Gasteiger partial charge in [0.05, 0.1) is 35.4 Å². The van der Waals surface area contributed by atoms with Crippen LogP contribution in [0.15, 0.2) is 47.6 Å². The Kier molecular flexibility index (Phi) is 4.14. The van der Waals surface area contributed by atoms with E-state index in [0.29, 0.717) is 21.5 Å². The molecule has 2 amide bonds. The monoisotopic (exact) mass is 456 g/mol. The molecule has 2 heterocycles. The lowest BCUT2D eigenvalue weighted by Gasteiger charge is -2.30. The molecule has 158 valence electrons. The van der Waals surface area contributed by atoms with Crippen molar-refractivity contribution in [2.24, 2.45) is 34.7 Å². The van der Waals surface area contributed by atoms with Gasteiger partial charge >= 0.3 is 0 Å². The standard InChI is InChI=1S/C23H18Cl2N2O4/c1-30-12-5-3-11(4-6-12)27-22(28)17-14-9-15(18(17)23(27)29)21-19(14)20(26-31-21)13-7-2-10(24)8-16(13)25/h2-8,14-15,17-19,21H,9H2,1H3/t14-,15+,17-,18+,19+,21-/m1/s1. The number of anilines is 1. The first-order valence-corrected chi connectivity index (χ1v) is 11.0.